The number of carbonyl (C=O) groups is 1. The first-order chi connectivity index (χ1) is 23.4. The van der Waals surface area contributed by atoms with Crippen molar-refractivity contribution in [3.63, 3.8) is 0 Å². The number of unbranched alkanes of at least 4 members (excludes halogenated alkanes) is 23. The Bertz CT molecular complexity index is 792. The first kappa shape index (κ1) is 46.8. The molecule has 0 rings (SSSR count). The van der Waals surface area contributed by atoms with Crippen molar-refractivity contribution in [2.75, 3.05) is 26.4 Å². The van der Waals surface area contributed by atoms with Gasteiger partial charge in [0.15, 0.2) is 6.10 Å². The molecule has 0 radical (unpaired) electrons. The van der Waals surface area contributed by atoms with Crippen LogP contribution in [0, 0.1) is 0 Å². The second-order valence-electron chi connectivity index (χ2n) is 13.2. The highest BCUT2D eigenvalue weighted by Crippen LogP contribution is 2.43. The largest absolute Gasteiger partial charge is 0.498 e. The monoisotopic (exact) mass is 702 g/mol. The van der Waals surface area contributed by atoms with Crippen LogP contribution in [-0.4, -0.2) is 43.3 Å². The van der Waals surface area contributed by atoms with Crippen LogP contribution in [0.3, 0.4) is 0 Å². The highest BCUT2D eigenvalue weighted by molar-refractivity contribution is 7.47. The third-order valence-electron chi connectivity index (χ3n) is 8.44. The van der Waals surface area contributed by atoms with Crippen molar-refractivity contribution in [2.24, 2.45) is 5.73 Å². The van der Waals surface area contributed by atoms with Gasteiger partial charge in [0.05, 0.1) is 19.5 Å². The van der Waals surface area contributed by atoms with E-state index in [-0.39, 0.29) is 32.3 Å². The van der Waals surface area contributed by atoms with E-state index < -0.39 is 13.9 Å². The van der Waals surface area contributed by atoms with Crippen molar-refractivity contribution in [1.29, 1.82) is 0 Å². The van der Waals surface area contributed by atoms with Crippen LogP contribution in [0.25, 0.3) is 0 Å². The van der Waals surface area contributed by atoms with E-state index in [4.69, 9.17) is 24.3 Å². The van der Waals surface area contributed by atoms with E-state index in [1.54, 1.807) is 6.26 Å². The molecule has 0 spiro atoms. The summed E-state index contributed by atoms with van der Waals surface area (Å²) in [4.78, 5) is 22.4. The molecular formula is C39H76NO7P. The number of rotatable bonds is 38. The Kier molecular flexibility index (Phi) is 36.2. The van der Waals surface area contributed by atoms with Crippen LogP contribution in [0.1, 0.15) is 187 Å². The smallest absolute Gasteiger partial charge is 0.472 e. The van der Waals surface area contributed by atoms with Crippen molar-refractivity contribution in [3.05, 3.63) is 24.5 Å². The lowest BCUT2D eigenvalue weighted by atomic mass is 10.0. The molecule has 0 aliphatic heterocycles. The van der Waals surface area contributed by atoms with E-state index in [2.05, 4.69) is 26.0 Å². The van der Waals surface area contributed by atoms with Crippen molar-refractivity contribution >= 4 is 13.8 Å². The fraction of sp³-hybridized carbons (Fsp3) is 0.872. The quantitative estimate of drug-likeness (QED) is 0.0215. The molecule has 0 saturated carbocycles. The van der Waals surface area contributed by atoms with Gasteiger partial charge in [0.1, 0.15) is 6.61 Å². The third kappa shape index (κ3) is 36.1. The van der Waals surface area contributed by atoms with Gasteiger partial charge in [-0.3, -0.25) is 13.8 Å². The van der Waals surface area contributed by atoms with Gasteiger partial charge in [0, 0.05) is 13.0 Å². The fourth-order valence-electron chi connectivity index (χ4n) is 5.49. The molecule has 48 heavy (non-hydrogen) atoms. The Balaban J connectivity index is 4.13. The average Bonchev–Trinajstić information content (AvgIpc) is 3.07. The number of phosphoric acid groups is 1. The minimum atomic E-state index is -4.29. The molecule has 3 N–H and O–H groups in total. The maximum Gasteiger partial charge on any atom is 0.472 e. The molecule has 9 heteroatoms. The molecule has 8 nitrogen and oxygen atoms in total. The number of allylic oxidation sites excluding steroid dienone is 3. The van der Waals surface area contributed by atoms with Crippen LogP contribution in [0.15, 0.2) is 24.5 Å². The van der Waals surface area contributed by atoms with E-state index in [0.29, 0.717) is 6.42 Å². The molecule has 0 amide bonds. The second kappa shape index (κ2) is 37.1. The summed E-state index contributed by atoms with van der Waals surface area (Å²) >= 11 is 0. The SMILES string of the molecule is CCCCCCCC/C=C/CCCCCCCC(=O)O[C@H](CO/C=C/CCCCCCCCCCCCCC)COP(=O)(O)OCCN. The minimum Gasteiger partial charge on any atom is -0.498 e. The van der Waals surface area contributed by atoms with Gasteiger partial charge in [-0.1, -0.05) is 148 Å². The molecule has 0 saturated heterocycles. The van der Waals surface area contributed by atoms with Gasteiger partial charge in [-0.25, -0.2) is 4.57 Å². The Morgan fingerprint density at radius 1 is 0.625 bits per heavy atom. The standard InChI is InChI=1S/C39H76NO7P/c1-3-5-7-9-11-13-15-17-19-20-22-24-26-28-30-32-39(41)47-38(37-46-48(42,43)45-35-33-40)36-44-34-31-29-27-25-23-21-18-16-14-12-10-8-6-4-2/h17,19,31,34,38H,3-16,18,20-30,32-33,35-37,40H2,1-2H3,(H,42,43)/b19-17+,34-31+/t38-/m1/s1. The summed E-state index contributed by atoms with van der Waals surface area (Å²) in [5, 5.41) is 0. The number of hydrogen-bond donors (Lipinski definition) is 2. The van der Waals surface area contributed by atoms with E-state index in [1.165, 1.54) is 122 Å². The van der Waals surface area contributed by atoms with E-state index in [0.717, 1.165) is 44.9 Å². The summed E-state index contributed by atoms with van der Waals surface area (Å²) < 4.78 is 33.1. The summed E-state index contributed by atoms with van der Waals surface area (Å²) in [5.41, 5.74) is 5.35. The Morgan fingerprint density at radius 2 is 1.06 bits per heavy atom. The highest BCUT2D eigenvalue weighted by atomic mass is 31.2. The minimum absolute atomic E-state index is 0.0317. The molecule has 2 atom stereocenters. The maximum atomic E-state index is 12.5. The van der Waals surface area contributed by atoms with Crippen molar-refractivity contribution in [3.8, 4) is 0 Å². The topological polar surface area (TPSA) is 117 Å². The lowest BCUT2D eigenvalue weighted by Gasteiger charge is -2.19. The Morgan fingerprint density at radius 3 is 1.54 bits per heavy atom. The molecule has 0 bridgehead atoms. The Hall–Kier alpha value is -1.18. The normalized spacial score (nSPS) is 13.8. The van der Waals surface area contributed by atoms with Crippen LogP contribution in [0.5, 0.6) is 0 Å². The van der Waals surface area contributed by atoms with Crippen LogP contribution < -0.4 is 5.73 Å². The zero-order valence-electron chi connectivity index (χ0n) is 31.2. The molecule has 0 aromatic rings. The molecule has 284 valence electrons. The molecule has 1 unspecified atom stereocenters. The summed E-state index contributed by atoms with van der Waals surface area (Å²) in [6.45, 7) is 4.23. The molecule has 0 fully saturated rings. The third-order valence-corrected chi connectivity index (χ3v) is 9.42. The molecule has 0 aliphatic rings. The predicted molar refractivity (Wildman–Crippen MR) is 201 cm³/mol. The van der Waals surface area contributed by atoms with Crippen LogP contribution in [0.4, 0.5) is 0 Å². The summed E-state index contributed by atoms with van der Waals surface area (Å²) in [6, 6.07) is 0. The lowest BCUT2D eigenvalue weighted by Crippen LogP contribution is -2.27. The van der Waals surface area contributed by atoms with Gasteiger partial charge in [-0.05, 0) is 51.0 Å². The first-order valence-corrected chi connectivity index (χ1v) is 21.4. The summed E-state index contributed by atoms with van der Waals surface area (Å²) in [5.74, 6) is -0.360. The molecule has 0 aromatic carbocycles. The number of phosphoric ester groups is 1. The van der Waals surface area contributed by atoms with Crippen molar-refractivity contribution in [2.45, 2.75) is 193 Å². The van der Waals surface area contributed by atoms with Crippen LogP contribution in [-0.2, 0) is 27.9 Å². The lowest BCUT2D eigenvalue weighted by molar-refractivity contribution is -0.153. The van der Waals surface area contributed by atoms with Gasteiger partial charge < -0.3 is 20.1 Å². The number of carbonyl (C=O) groups excluding carboxylic acids is 1. The van der Waals surface area contributed by atoms with Gasteiger partial charge in [-0.15, -0.1) is 0 Å². The van der Waals surface area contributed by atoms with Crippen molar-refractivity contribution < 1.29 is 32.8 Å². The van der Waals surface area contributed by atoms with Gasteiger partial charge in [0.2, 0.25) is 0 Å². The molecule has 0 aliphatic carbocycles. The number of hydrogen-bond acceptors (Lipinski definition) is 7. The van der Waals surface area contributed by atoms with Crippen molar-refractivity contribution in [1.82, 2.24) is 0 Å². The number of nitrogens with two attached hydrogens (primary N) is 1. The summed E-state index contributed by atoms with van der Waals surface area (Å²) in [7, 11) is -4.29. The van der Waals surface area contributed by atoms with Gasteiger partial charge in [-0.2, -0.15) is 0 Å². The predicted octanol–water partition coefficient (Wildman–Crippen LogP) is 11.6. The first-order valence-electron chi connectivity index (χ1n) is 19.9. The van der Waals surface area contributed by atoms with E-state index in [1.807, 2.05) is 6.08 Å². The Labute approximate surface area is 296 Å². The second-order valence-corrected chi connectivity index (χ2v) is 14.7. The average molecular weight is 702 g/mol. The fourth-order valence-corrected chi connectivity index (χ4v) is 6.25. The van der Waals surface area contributed by atoms with Gasteiger partial charge in [0.25, 0.3) is 0 Å². The van der Waals surface area contributed by atoms with E-state index in [9.17, 15) is 14.3 Å². The zero-order valence-corrected chi connectivity index (χ0v) is 32.1. The summed E-state index contributed by atoms with van der Waals surface area (Å²) in [6.07, 6.45) is 39.9. The zero-order chi connectivity index (χ0) is 35.2. The molecular weight excluding hydrogens is 625 g/mol. The molecule has 0 heterocycles. The maximum absolute atomic E-state index is 12.5. The number of ether oxygens (including phenoxy) is 2. The van der Waals surface area contributed by atoms with Gasteiger partial charge >= 0.3 is 13.8 Å². The van der Waals surface area contributed by atoms with Crippen LogP contribution in [0.2, 0.25) is 0 Å². The molecule has 0 aromatic heterocycles. The van der Waals surface area contributed by atoms with E-state index >= 15 is 0 Å². The number of esters is 1. The van der Waals surface area contributed by atoms with Crippen LogP contribution >= 0.6 is 7.82 Å². The highest BCUT2D eigenvalue weighted by Gasteiger charge is 2.25.